The number of nitriles is 1. The zero-order valence-corrected chi connectivity index (χ0v) is 21.5. The van der Waals surface area contributed by atoms with Gasteiger partial charge in [0.25, 0.3) is 0 Å². The molecule has 1 saturated heterocycles. The molecule has 4 N–H and O–H groups in total. The van der Waals surface area contributed by atoms with Crippen LogP contribution in [0.2, 0.25) is 0 Å². The van der Waals surface area contributed by atoms with E-state index in [1.807, 2.05) is 31.7 Å². The van der Waals surface area contributed by atoms with Crippen LogP contribution in [0.25, 0.3) is 22.3 Å². The number of hydrogen-bond donors (Lipinski definition) is 3. The maximum Gasteiger partial charge on any atom is 0.417 e. The predicted molar refractivity (Wildman–Crippen MR) is 137 cm³/mol. The molecular formula is C26H31F3N8O. The van der Waals surface area contributed by atoms with E-state index < -0.39 is 17.8 Å². The van der Waals surface area contributed by atoms with Crippen LogP contribution in [0.15, 0.2) is 24.7 Å². The number of H-pyrrole nitrogens is 1. The van der Waals surface area contributed by atoms with E-state index in [-0.39, 0.29) is 46.1 Å². The van der Waals surface area contributed by atoms with E-state index in [4.69, 9.17) is 5.73 Å². The smallest absolute Gasteiger partial charge is 0.351 e. The van der Waals surface area contributed by atoms with Crippen molar-refractivity contribution in [3.05, 3.63) is 35.8 Å². The predicted octanol–water partition coefficient (Wildman–Crippen LogP) is 4.32. The second-order valence-corrected chi connectivity index (χ2v) is 10.2. The van der Waals surface area contributed by atoms with Crippen molar-refractivity contribution in [2.75, 3.05) is 18.4 Å². The summed E-state index contributed by atoms with van der Waals surface area (Å²) in [4.78, 5) is 30.0. The number of hydrogen-bond acceptors (Lipinski definition) is 7. The number of pyridine rings is 1. The fourth-order valence-corrected chi connectivity index (χ4v) is 4.88. The second kappa shape index (κ2) is 10.9. The van der Waals surface area contributed by atoms with Gasteiger partial charge >= 0.3 is 6.18 Å². The molecule has 38 heavy (non-hydrogen) atoms. The maximum absolute atomic E-state index is 13.3. The van der Waals surface area contributed by atoms with Gasteiger partial charge in [0.1, 0.15) is 11.7 Å². The molecule has 4 heterocycles. The molecule has 0 unspecified atom stereocenters. The fraction of sp³-hybridized carbons (Fsp3) is 0.500. The van der Waals surface area contributed by atoms with Gasteiger partial charge < -0.3 is 20.9 Å². The average Bonchev–Trinajstić information content (AvgIpc) is 3.30. The van der Waals surface area contributed by atoms with Crippen LogP contribution in [-0.2, 0) is 11.0 Å². The first-order chi connectivity index (χ1) is 18.0. The highest BCUT2D eigenvalue weighted by Crippen LogP contribution is 2.35. The van der Waals surface area contributed by atoms with E-state index in [0.717, 1.165) is 25.1 Å². The van der Waals surface area contributed by atoms with E-state index in [9.17, 15) is 23.2 Å². The summed E-state index contributed by atoms with van der Waals surface area (Å²) in [6.07, 6.45) is 1.27. The van der Waals surface area contributed by atoms with Crippen LogP contribution in [0.1, 0.15) is 51.2 Å². The summed E-state index contributed by atoms with van der Waals surface area (Å²) >= 11 is 0. The molecule has 0 radical (unpaired) electrons. The van der Waals surface area contributed by atoms with Crippen LogP contribution >= 0.6 is 0 Å². The Morgan fingerprint density at radius 3 is 2.61 bits per heavy atom. The maximum atomic E-state index is 13.3. The minimum absolute atomic E-state index is 0.0141. The van der Waals surface area contributed by atoms with Crippen LogP contribution in [0.3, 0.4) is 0 Å². The highest BCUT2D eigenvalue weighted by atomic mass is 19.4. The van der Waals surface area contributed by atoms with Gasteiger partial charge in [0.15, 0.2) is 0 Å². The second-order valence-electron chi connectivity index (χ2n) is 10.2. The molecule has 0 aliphatic carbocycles. The van der Waals surface area contributed by atoms with E-state index in [2.05, 4.69) is 25.3 Å². The summed E-state index contributed by atoms with van der Waals surface area (Å²) in [5, 5.41) is 13.1. The van der Waals surface area contributed by atoms with Crippen molar-refractivity contribution in [2.24, 2.45) is 17.6 Å². The number of aromatic amines is 1. The van der Waals surface area contributed by atoms with Crippen LogP contribution in [-0.4, -0.2) is 55.9 Å². The third-order valence-corrected chi connectivity index (χ3v) is 6.98. The van der Waals surface area contributed by atoms with E-state index >= 15 is 0 Å². The zero-order chi connectivity index (χ0) is 27.6. The standard InChI is InChI=1S/C26H31F3N8O/c1-14(2)8-21(31)24(38)37-6-4-16(5-7-37)15(3)35-25-34-11-17(10-30)22(36-25)20-13-33-23-19(20)9-18(12-32-23)26(27,28)29/h9,11-16,21H,4-8,31H2,1-3H3,(H,32,33)(H,34,35,36)/t15-,21-/m1/s1. The van der Waals surface area contributed by atoms with Gasteiger partial charge in [-0.15, -0.1) is 0 Å². The summed E-state index contributed by atoms with van der Waals surface area (Å²) in [7, 11) is 0. The molecule has 3 aromatic rings. The molecule has 1 aliphatic rings. The molecule has 1 aliphatic heterocycles. The number of nitrogens with one attached hydrogen (secondary N) is 2. The molecule has 3 aromatic heterocycles. The number of amides is 1. The Balaban J connectivity index is 1.49. The monoisotopic (exact) mass is 528 g/mol. The Morgan fingerprint density at radius 1 is 1.26 bits per heavy atom. The van der Waals surface area contributed by atoms with Gasteiger partial charge in [-0.1, -0.05) is 13.8 Å². The molecule has 202 valence electrons. The number of anilines is 1. The number of carbonyl (C=O) groups excluding carboxylic acids is 1. The highest BCUT2D eigenvalue weighted by molar-refractivity contribution is 5.94. The van der Waals surface area contributed by atoms with Crippen molar-refractivity contribution in [3.63, 3.8) is 0 Å². The lowest BCUT2D eigenvalue weighted by molar-refractivity contribution is -0.137. The Morgan fingerprint density at radius 2 is 1.97 bits per heavy atom. The van der Waals surface area contributed by atoms with E-state index in [1.54, 1.807) is 0 Å². The number of piperidine rings is 1. The number of halogens is 3. The third kappa shape index (κ3) is 5.88. The topological polar surface area (TPSA) is 137 Å². The number of likely N-dealkylation sites (tertiary alicyclic amines) is 1. The number of nitrogens with zero attached hydrogens (tertiary/aromatic N) is 5. The van der Waals surface area contributed by atoms with Crippen LogP contribution < -0.4 is 11.1 Å². The molecule has 1 fully saturated rings. The number of carbonyl (C=O) groups is 1. The largest absolute Gasteiger partial charge is 0.417 e. The Kier molecular flexibility index (Phi) is 7.87. The zero-order valence-electron chi connectivity index (χ0n) is 21.5. The Hall–Kier alpha value is -3.72. The molecule has 0 spiro atoms. The molecule has 0 saturated carbocycles. The SMILES string of the molecule is CC(C)C[C@@H](N)C(=O)N1CCC([C@@H](C)Nc2ncc(C#N)c(-c3c[nH]c4ncc(C(F)(F)F)cc34)n2)CC1. The highest BCUT2D eigenvalue weighted by Gasteiger charge is 2.32. The number of aromatic nitrogens is 4. The minimum Gasteiger partial charge on any atom is -0.351 e. The van der Waals surface area contributed by atoms with Crippen molar-refractivity contribution in [1.82, 2.24) is 24.8 Å². The van der Waals surface area contributed by atoms with Crippen LogP contribution in [0.4, 0.5) is 19.1 Å². The van der Waals surface area contributed by atoms with Gasteiger partial charge in [-0.25, -0.2) is 15.0 Å². The van der Waals surface area contributed by atoms with Gasteiger partial charge in [0.05, 0.1) is 29.1 Å². The van der Waals surface area contributed by atoms with Crippen molar-refractivity contribution in [2.45, 2.75) is 58.3 Å². The summed E-state index contributed by atoms with van der Waals surface area (Å²) < 4.78 is 39.8. The molecular weight excluding hydrogens is 497 g/mol. The van der Waals surface area contributed by atoms with Crippen molar-refractivity contribution >= 4 is 22.9 Å². The van der Waals surface area contributed by atoms with E-state index in [1.165, 1.54) is 12.4 Å². The van der Waals surface area contributed by atoms with Crippen molar-refractivity contribution in [1.29, 1.82) is 5.26 Å². The van der Waals surface area contributed by atoms with Gasteiger partial charge in [-0.05, 0) is 44.1 Å². The van der Waals surface area contributed by atoms with Gasteiger partial charge in [0, 0.05) is 42.5 Å². The Labute approximate surface area is 218 Å². The normalized spacial score (nSPS) is 16.4. The van der Waals surface area contributed by atoms with Gasteiger partial charge in [0.2, 0.25) is 11.9 Å². The van der Waals surface area contributed by atoms with Gasteiger partial charge in [-0.3, -0.25) is 4.79 Å². The first-order valence-corrected chi connectivity index (χ1v) is 12.6. The lowest BCUT2D eigenvalue weighted by Crippen LogP contribution is -2.49. The molecule has 2 atom stereocenters. The molecule has 0 aromatic carbocycles. The first-order valence-electron chi connectivity index (χ1n) is 12.6. The lowest BCUT2D eigenvalue weighted by Gasteiger charge is -2.36. The summed E-state index contributed by atoms with van der Waals surface area (Å²) in [5.41, 5.74) is 6.13. The summed E-state index contributed by atoms with van der Waals surface area (Å²) in [6, 6.07) is 2.48. The van der Waals surface area contributed by atoms with Gasteiger partial charge in [-0.2, -0.15) is 18.4 Å². The molecule has 9 nitrogen and oxygen atoms in total. The van der Waals surface area contributed by atoms with Crippen LogP contribution in [0.5, 0.6) is 0 Å². The summed E-state index contributed by atoms with van der Waals surface area (Å²) in [5.74, 6) is 0.841. The number of rotatable bonds is 7. The number of alkyl halides is 3. The first kappa shape index (κ1) is 27.3. The van der Waals surface area contributed by atoms with Crippen molar-refractivity contribution < 1.29 is 18.0 Å². The Bertz CT molecular complexity index is 1340. The number of nitrogens with two attached hydrogens (primary N) is 1. The minimum atomic E-state index is -4.55. The average molecular weight is 529 g/mol. The molecule has 1 amide bonds. The lowest BCUT2D eigenvalue weighted by atomic mass is 9.90. The van der Waals surface area contributed by atoms with E-state index in [0.29, 0.717) is 31.0 Å². The quantitative estimate of drug-likeness (QED) is 0.415. The van der Waals surface area contributed by atoms with Crippen LogP contribution in [0, 0.1) is 23.2 Å². The molecule has 4 rings (SSSR count). The number of fused-ring (bicyclic) bond motifs is 1. The molecule has 0 bridgehead atoms. The molecule has 12 heteroatoms. The third-order valence-electron chi connectivity index (χ3n) is 6.98. The fourth-order valence-electron chi connectivity index (χ4n) is 4.88. The van der Waals surface area contributed by atoms with Crippen molar-refractivity contribution in [3.8, 4) is 17.3 Å². The summed E-state index contributed by atoms with van der Waals surface area (Å²) in [6.45, 7) is 7.31.